The molecule has 0 atom stereocenters. The summed E-state index contributed by atoms with van der Waals surface area (Å²) in [4.78, 5) is 22.9. The van der Waals surface area contributed by atoms with Crippen LogP contribution in [0.15, 0.2) is 175 Å². The first-order chi connectivity index (χ1) is 25.2. The molecule has 10 heteroatoms. The van der Waals surface area contributed by atoms with Gasteiger partial charge in [-0.2, -0.15) is 0 Å². The quantitative estimate of drug-likeness (QED) is 0.153. The molecule has 6 aromatic rings. The maximum absolute atomic E-state index is 6.40. The minimum Gasteiger partial charge on any atom is -0.243 e. The zero-order chi connectivity index (χ0) is 36.0. The van der Waals surface area contributed by atoms with E-state index >= 15 is 0 Å². The van der Waals surface area contributed by atoms with E-state index in [2.05, 4.69) is 31.9 Å². The van der Waals surface area contributed by atoms with Gasteiger partial charge >= 0.3 is 0 Å². The van der Waals surface area contributed by atoms with E-state index in [1.807, 2.05) is 146 Å². The van der Waals surface area contributed by atoms with E-state index in [4.69, 9.17) is 66.4 Å². The second-order valence-corrected chi connectivity index (χ2v) is 15.6. The third kappa shape index (κ3) is 6.19. The molecule has 6 aromatic carbocycles. The molecule has 2 aliphatic rings. The Morgan fingerprint density at radius 3 is 0.788 bits per heavy atom. The van der Waals surface area contributed by atoms with E-state index in [1.165, 1.54) is 0 Å². The standard InChI is InChI=1S/C42H24Br2Cl4N4/c43-35-7-3-1-5-33(35)41(49-37(25-9-17-29(45)18-10-25)38(50-41)26-11-19-30(46)20-12-26)42(34-6-2-4-8-36(34)44)51-39(27-13-21-31(47)22-14-27)40(52-42)28-15-23-32(48)24-16-28/h1-24H. The molecule has 52 heavy (non-hydrogen) atoms. The zero-order valence-electron chi connectivity index (χ0n) is 26.9. The number of hydrogen-bond donors (Lipinski definition) is 0. The molecule has 0 saturated carbocycles. The highest BCUT2D eigenvalue weighted by Crippen LogP contribution is 2.57. The number of nitrogens with zero attached hydrogens (tertiary/aromatic N) is 4. The molecule has 0 bridgehead atoms. The first-order valence-electron chi connectivity index (χ1n) is 16.1. The summed E-state index contributed by atoms with van der Waals surface area (Å²) in [5.41, 5.74) is 4.47. The van der Waals surface area contributed by atoms with E-state index < -0.39 is 11.3 Å². The van der Waals surface area contributed by atoms with Crippen molar-refractivity contribution in [2.75, 3.05) is 0 Å². The van der Waals surface area contributed by atoms with Crippen LogP contribution < -0.4 is 0 Å². The van der Waals surface area contributed by atoms with E-state index in [0.29, 0.717) is 42.9 Å². The van der Waals surface area contributed by atoms with E-state index in [0.717, 1.165) is 42.3 Å². The Labute approximate surface area is 337 Å². The van der Waals surface area contributed by atoms with Gasteiger partial charge in [-0.3, -0.25) is 0 Å². The summed E-state index contributed by atoms with van der Waals surface area (Å²) in [5.74, 6) is 0. The van der Waals surface area contributed by atoms with Crippen molar-refractivity contribution in [3.05, 3.63) is 208 Å². The largest absolute Gasteiger partial charge is 0.243 e. The summed E-state index contributed by atoms with van der Waals surface area (Å²) in [6, 6.07) is 46.3. The van der Waals surface area contributed by atoms with Crippen molar-refractivity contribution in [3.63, 3.8) is 0 Å². The van der Waals surface area contributed by atoms with E-state index in [-0.39, 0.29) is 0 Å². The summed E-state index contributed by atoms with van der Waals surface area (Å²) in [6.07, 6.45) is 0. The first kappa shape index (κ1) is 35.2. The predicted molar refractivity (Wildman–Crippen MR) is 224 cm³/mol. The van der Waals surface area contributed by atoms with Crippen LogP contribution in [0.4, 0.5) is 0 Å². The summed E-state index contributed by atoms with van der Waals surface area (Å²) < 4.78 is 1.58. The van der Waals surface area contributed by atoms with Crippen molar-refractivity contribution < 1.29 is 0 Å². The Kier molecular flexibility index (Phi) is 9.58. The van der Waals surface area contributed by atoms with Crippen LogP contribution in [0.25, 0.3) is 0 Å². The Balaban J connectivity index is 1.55. The van der Waals surface area contributed by atoms with Crippen molar-refractivity contribution >= 4 is 101 Å². The van der Waals surface area contributed by atoms with Crippen molar-refractivity contribution in [2.24, 2.45) is 20.0 Å². The van der Waals surface area contributed by atoms with Gasteiger partial charge in [-0.05, 0) is 60.7 Å². The highest BCUT2D eigenvalue weighted by Gasteiger charge is 2.61. The molecule has 2 aliphatic heterocycles. The van der Waals surface area contributed by atoms with Crippen LogP contribution in [0.3, 0.4) is 0 Å². The molecule has 0 radical (unpaired) electrons. The van der Waals surface area contributed by atoms with Crippen LogP contribution in [0.1, 0.15) is 33.4 Å². The molecule has 8 rings (SSSR count). The summed E-state index contributed by atoms with van der Waals surface area (Å²) in [6.45, 7) is 0. The third-order valence-electron chi connectivity index (χ3n) is 9.00. The fourth-order valence-electron chi connectivity index (χ4n) is 6.56. The summed E-state index contributed by atoms with van der Waals surface area (Å²) >= 11 is 33.4. The SMILES string of the molecule is Clc1ccc(C2=NC(c3ccccc3Br)(C3(c4ccccc4Br)N=C(c4ccc(Cl)cc4)C(c4ccc(Cl)cc4)=N3)N=C2c2ccc(Cl)cc2)cc1. The normalized spacial score (nSPS) is 15.9. The molecule has 4 nitrogen and oxygen atoms in total. The molecule has 2 heterocycles. The second-order valence-electron chi connectivity index (χ2n) is 12.2. The lowest BCUT2D eigenvalue weighted by Crippen LogP contribution is -2.43. The zero-order valence-corrected chi connectivity index (χ0v) is 33.1. The fourth-order valence-corrected chi connectivity index (χ4v) is 8.19. The highest BCUT2D eigenvalue weighted by molar-refractivity contribution is 9.10. The molecule has 0 fully saturated rings. The number of halogens is 6. The van der Waals surface area contributed by atoms with Crippen LogP contribution in [0.5, 0.6) is 0 Å². The summed E-state index contributed by atoms with van der Waals surface area (Å²) in [5, 5.41) is 2.44. The summed E-state index contributed by atoms with van der Waals surface area (Å²) in [7, 11) is 0. The van der Waals surface area contributed by atoms with Gasteiger partial charge in [0.15, 0.2) is 0 Å². The molecular formula is C42H24Br2Cl4N4. The Morgan fingerprint density at radius 1 is 0.327 bits per heavy atom. The molecule has 254 valence electrons. The van der Waals surface area contributed by atoms with Crippen LogP contribution in [0.2, 0.25) is 20.1 Å². The molecule has 0 aliphatic carbocycles. The lowest BCUT2D eigenvalue weighted by Gasteiger charge is -2.39. The van der Waals surface area contributed by atoms with Crippen LogP contribution in [-0.4, -0.2) is 22.8 Å². The van der Waals surface area contributed by atoms with E-state index in [9.17, 15) is 0 Å². The maximum Gasteiger partial charge on any atom is 0.227 e. The number of aliphatic imine (C=N–C) groups is 4. The van der Waals surface area contributed by atoms with Gasteiger partial charge in [-0.1, -0.05) is 163 Å². The topological polar surface area (TPSA) is 49.4 Å². The third-order valence-corrected chi connectivity index (χ3v) is 11.4. The second kappa shape index (κ2) is 14.2. The van der Waals surface area contributed by atoms with Crippen molar-refractivity contribution in [2.45, 2.75) is 11.3 Å². The van der Waals surface area contributed by atoms with Crippen LogP contribution in [-0.2, 0) is 11.3 Å². The smallest absolute Gasteiger partial charge is 0.227 e. The van der Waals surface area contributed by atoms with Gasteiger partial charge in [0.25, 0.3) is 0 Å². The fraction of sp³-hybridized carbons (Fsp3) is 0.0476. The molecule has 0 unspecified atom stereocenters. The average molecular weight is 886 g/mol. The highest BCUT2D eigenvalue weighted by atomic mass is 79.9. The number of rotatable bonds is 7. The van der Waals surface area contributed by atoms with Gasteiger partial charge < -0.3 is 0 Å². The van der Waals surface area contributed by atoms with Gasteiger partial charge in [0.05, 0.1) is 22.8 Å². The molecule has 0 aromatic heterocycles. The molecule has 0 N–H and O–H groups in total. The van der Waals surface area contributed by atoms with Crippen molar-refractivity contribution in [1.29, 1.82) is 0 Å². The van der Waals surface area contributed by atoms with Gasteiger partial charge in [0.1, 0.15) is 0 Å². The van der Waals surface area contributed by atoms with Gasteiger partial charge in [0, 0.05) is 62.4 Å². The lowest BCUT2D eigenvalue weighted by molar-refractivity contribution is 0.255. The van der Waals surface area contributed by atoms with Crippen molar-refractivity contribution in [3.8, 4) is 0 Å². The minimum atomic E-state index is -1.49. The van der Waals surface area contributed by atoms with E-state index in [1.54, 1.807) is 0 Å². The monoisotopic (exact) mass is 882 g/mol. The van der Waals surface area contributed by atoms with Gasteiger partial charge in [-0.25, -0.2) is 20.0 Å². The predicted octanol–water partition coefficient (Wildman–Crippen LogP) is 12.8. The Hall–Kier alpha value is -3.88. The van der Waals surface area contributed by atoms with Gasteiger partial charge in [-0.15, -0.1) is 0 Å². The minimum absolute atomic E-state index is 0.610. The molecule has 0 saturated heterocycles. The van der Waals surface area contributed by atoms with Gasteiger partial charge in [0.2, 0.25) is 11.3 Å². The van der Waals surface area contributed by atoms with Crippen LogP contribution >= 0.6 is 78.3 Å². The molecule has 0 amide bonds. The molecular weight excluding hydrogens is 862 g/mol. The van der Waals surface area contributed by atoms with Crippen molar-refractivity contribution in [1.82, 2.24) is 0 Å². The number of hydrogen-bond acceptors (Lipinski definition) is 4. The lowest BCUT2D eigenvalue weighted by atomic mass is 9.82. The van der Waals surface area contributed by atoms with Crippen LogP contribution in [0, 0.1) is 0 Å². The molecule has 0 spiro atoms. The average Bonchev–Trinajstić information content (AvgIpc) is 3.76. The maximum atomic E-state index is 6.40. The number of benzene rings is 6. The Bertz CT molecular complexity index is 2160. The first-order valence-corrected chi connectivity index (χ1v) is 19.2. The Morgan fingerprint density at radius 2 is 0.558 bits per heavy atom.